The van der Waals surface area contributed by atoms with E-state index in [0.717, 1.165) is 6.39 Å². The topological polar surface area (TPSA) is 91.5 Å². The van der Waals surface area contributed by atoms with Gasteiger partial charge in [0, 0.05) is 6.07 Å². The third-order valence-corrected chi connectivity index (χ3v) is 3.74. The van der Waals surface area contributed by atoms with Crippen molar-refractivity contribution >= 4 is 9.84 Å². The number of benzene rings is 1. The van der Waals surface area contributed by atoms with Crippen molar-refractivity contribution in [2.45, 2.75) is 10.1 Å². The molecule has 0 amide bonds. The monoisotopic (exact) mass is 254 g/mol. The van der Waals surface area contributed by atoms with Crippen LogP contribution in [0, 0.1) is 0 Å². The molecule has 0 radical (unpaired) electrons. The average molecular weight is 254 g/mol. The third-order valence-electron chi connectivity index (χ3n) is 2.22. The first kappa shape index (κ1) is 10.1. The lowest BCUT2D eigenvalue weighted by Gasteiger charge is -2.00. The van der Waals surface area contributed by atoms with E-state index in [9.17, 15) is 8.42 Å². The second kappa shape index (κ2) is 3.45. The van der Waals surface area contributed by atoms with Crippen LogP contribution >= 0.6 is 0 Å². The average Bonchev–Trinajstić information content (AvgIpc) is 2.99. The molecule has 17 heavy (non-hydrogen) atoms. The molecule has 0 atom stereocenters. The summed E-state index contributed by atoms with van der Waals surface area (Å²) < 4.78 is 38.9. The smallest absolute Gasteiger partial charge is 0.340 e. The van der Waals surface area contributed by atoms with Crippen LogP contribution in [0.2, 0.25) is 0 Å². The van der Waals surface area contributed by atoms with Crippen molar-refractivity contribution in [3.8, 4) is 11.5 Å². The van der Waals surface area contributed by atoms with E-state index in [4.69, 9.17) is 9.47 Å². The Labute approximate surface area is 95.9 Å². The van der Waals surface area contributed by atoms with E-state index in [2.05, 4.69) is 14.6 Å². The summed E-state index contributed by atoms with van der Waals surface area (Å²) in [5, 5.41) is 6.27. The van der Waals surface area contributed by atoms with Crippen LogP contribution in [0.15, 0.2) is 39.1 Å². The van der Waals surface area contributed by atoms with E-state index in [1.807, 2.05) is 0 Å². The first-order chi connectivity index (χ1) is 8.18. The molecule has 1 aliphatic heterocycles. The molecule has 0 aliphatic carbocycles. The van der Waals surface area contributed by atoms with Crippen molar-refractivity contribution in [1.29, 1.82) is 0 Å². The maximum absolute atomic E-state index is 12.0. The molecule has 2 aromatic rings. The molecule has 1 aliphatic rings. The second-order valence-electron chi connectivity index (χ2n) is 3.22. The molecule has 2 heterocycles. The molecule has 3 rings (SSSR count). The van der Waals surface area contributed by atoms with Gasteiger partial charge >= 0.3 is 5.22 Å². The lowest BCUT2D eigenvalue weighted by molar-refractivity contribution is 0.174. The van der Waals surface area contributed by atoms with Crippen LogP contribution < -0.4 is 9.47 Å². The summed E-state index contributed by atoms with van der Waals surface area (Å²) in [5.41, 5.74) is 0. The lowest BCUT2D eigenvalue weighted by atomic mass is 10.3. The predicted molar refractivity (Wildman–Crippen MR) is 52.3 cm³/mol. The van der Waals surface area contributed by atoms with Crippen molar-refractivity contribution in [1.82, 2.24) is 10.2 Å². The van der Waals surface area contributed by atoms with Gasteiger partial charge in [-0.1, -0.05) is 5.10 Å². The number of fused-ring (bicyclic) bond motifs is 1. The fourth-order valence-electron chi connectivity index (χ4n) is 1.42. The summed E-state index contributed by atoms with van der Waals surface area (Å²) in [6.45, 7) is 0.0827. The SMILES string of the molecule is O=S(=O)(c1ccc2c(c1)OCO2)c1nnco1. The summed E-state index contributed by atoms with van der Waals surface area (Å²) in [6, 6.07) is 4.28. The Bertz CT molecular complexity index is 650. The van der Waals surface area contributed by atoms with Crippen LogP contribution in [0.5, 0.6) is 11.5 Å². The molecular formula is C9H6N2O5S. The maximum Gasteiger partial charge on any atom is 0.340 e. The Balaban J connectivity index is 2.11. The Morgan fingerprint density at radius 2 is 2.00 bits per heavy atom. The quantitative estimate of drug-likeness (QED) is 0.776. The van der Waals surface area contributed by atoms with Crippen molar-refractivity contribution in [3.63, 3.8) is 0 Å². The fourth-order valence-corrected chi connectivity index (χ4v) is 2.46. The normalized spacial score (nSPS) is 13.9. The van der Waals surface area contributed by atoms with E-state index in [0.29, 0.717) is 11.5 Å². The van der Waals surface area contributed by atoms with Crippen molar-refractivity contribution < 1.29 is 22.3 Å². The molecule has 0 bridgehead atoms. The third kappa shape index (κ3) is 1.53. The molecular weight excluding hydrogens is 248 g/mol. The summed E-state index contributed by atoms with van der Waals surface area (Å²) >= 11 is 0. The number of aromatic nitrogens is 2. The molecule has 0 saturated carbocycles. The summed E-state index contributed by atoms with van der Waals surface area (Å²) in [7, 11) is -3.79. The van der Waals surface area contributed by atoms with Crippen LogP contribution in [-0.4, -0.2) is 25.4 Å². The van der Waals surface area contributed by atoms with Gasteiger partial charge in [0.2, 0.25) is 13.2 Å². The highest BCUT2D eigenvalue weighted by Crippen LogP contribution is 2.34. The van der Waals surface area contributed by atoms with Gasteiger partial charge in [0.25, 0.3) is 9.84 Å². The number of nitrogens with zero attached hydrogens (tertiary/aromatic N) is 2. The molecule has 1 aromatic heterocycles. The number of hydrogen-bond acceptors (Lipinski definition) is 7. The summed E-state index contributed by atoms with van der Waals surface area (Å²) in [5.74, 6) is 0.889. The Morgan fingerprint density at radius 1 is 1.18 bits per heavy atom. The van der Waals surface area contributed by atoms with Gasteiger partial charge in [0.1, 0.15) is 0 Å². The minimum atomic E-state index is -3.79. The van der Waals surface area contributed by atoms with Gasteiger partial charge in [-0.3, -0.25) is 0 Å². The van der Waals surface area contributed by atoms with Gasteiger partial charge in [-0.25, -0.2) is 8.42 Å². The molecule has 8 heteroatoms. The molecule has 0 saturated heterocycles. The highest BCUT2D eigenvalue weighted by atomic mass is 32.2. The number of hydrogen-bond donors (Lipinski definition) is 0. The molecule has 1 aromatic carbocycles. The van der Waals surface area contributed by atoms with Crippen molar-refractivity contribution in [2.24, 2.45) is 0 Å². The fraction of sp³-hybridized carbons (Fsp3) is 0.111. The second-order valence-corrected chi connectivity index (χ2v) is 5.05. The van der Waals surface area contributed by atoms with Crippen LogP contribution in [0.25, 0.3) is 0 Å². The van der Waals surface area contributed by atoms with Gasteiger partial charge in [-0.05, 0) is 12.1 Å². The molecule has 0 unspecified atom stereocenters. The van der Waals surface area contributed by atoms with Crippen LogP contribution in [0.3, 0.4) is 0 Å². The van der Waals surface area contributed by atoms with Crippen LogP contribution in [0.4, 0.5) is 0 Å². The largest absolute Gasteiger partial charge is 0.454 e. The van der Waals surface area contributed by atoms with E-state index in [1.54, 1.807) is 0 Å². The maximum atomic E-state index is 12.0. The lowest BCUT2D eigenvalue weighted by Crippen LogP contribution is -2.02. The number of ether oxygens (including phenoxy) is 2. The highest BCUT2D eigenvalue weighted by molar-refractivity contribution is 7.91. The zero-order valence-electron chi connectivity index (χ0n) is 8.36. The molecule has 7 nitrogen and oxygen atoms in total. The minimum Gasteiger partial charge on any atom is -0.454 e. The Hall–Kier alpha value is -2.09. The van der Waals surface area contributed by atoms with Crippen LogP contribution in [0.1, 0.15) is 0 Å². The molecule has 0 fully saturated rings. The van der Waals surface area contributed by atoms with E-state index >= 15 is 0 Å². The molecule has 0 spiro atoms. The van der Waals surface area contributed by atoms with E-state index in [1.165, 1.54) is 18.2 Å². The summed E-state index contributed by atoms with van der Waals surface area (Å²) in [6.07, 6.45) is 0.958. The van der Waals surface area contributed by atoms with Gasteiger partial charge < -0.3 is 13.9 Å². The van der Waals surface area contributed by atoms with Gasteiger partial charge in [0.05, 0.1) is 4.90 Å². The minimum absolute atomic E-state index is 0.0194. The van der Waals surface area contributed by atoms with E-state index < -0.39 is 15.1 Å². The van der Waals surface area contributed by atoms with Gasteiger partial charge in [-0.15, -0.1) is 5.10 Å². The zero-order valence-corrected chi connectivity index (χ0v) is 9.18. The standard InChI is InChI=1S/C9H6N2O5S/c12-17(13,9-11-10-4-14-9)6-1-2-7-8(3-6)16-5-15-7/h1-4H,5H2. The zero-order chi connectivity index (χ0) is 11.9. The summed E-state index contributed by atoms with van der Waals surface area (Å²) in [4.78, 5) is 0.0194. The molecule has 88 valence electrons. The van der Waals surface area contributed by atoms with Gasteiger partial charge in [0.15, 0.2) is 11.5 Å². The van der Waals surface area contributed by atoms with Gasteiger partial charge in [-0.2, -0.15) is 0 Å². The highest BCUT2D eigenvalue weighted by Gasteiger charge is 2.26. The predicted octanol–water partition coefficient (Wildman–Crippen LogP) is 0.631. The number of sulfone groups is 1. The van der Waals surface area contributed by atoms with Crippen molar-refractivity contribution in [2.75, 3.05) is 6.79 Å². The molecule has 0 N–H and O–H groups in total. The van der Waals surface area contributed by atoms with E-state index in [-0.39, 0.29) is 11.7 Å². The Kier molecular flexibility index (Phi) is 2.05. The van der Waals surface area contributed by atoms with Crippen LogP contribution in [-0.2, 0) is 9.84 Å². The number of rotatable bonds is 2. The van der Waals surface area contributed by atoms with Crippen molar-refractivity contribution in [3.05, 3.63) is 24.6 Å². The Morgan fingerprint density at radius 3 is 2.76 bits per heavy atom. The first-order valence-electron chi connectivity index (χ1n) is 4.59. The first-order valence-corrected chi connectivity index (χ1v) is 6.07.